The fourth-order valence-electron chi connectivity index (χ4n) is 6.39. The van der Waals surface area contributed by atoms with Crippen molar-refractivity contribution in [3.63, 3.8) is 0 Å². The highest BCUT2D eigenvalue weighted by Gasteiger charge is 2.40. The molecule has 2 fully saturated rings. The summed E-state index contributed by atoms with van der Waals surface area (Å²) in [6.45, 7) is 2.11. The van der Waals surface area contributed by atoms with Gasteiger partial charge in [0.1, 0.15) is 5.75 Å². The average molecular weight is 502 g/mol. The van der Waals surface area contributed by atoms with E-state index in [1.54, 1.807) is 0 Å². The molecule has 7 heteroatoms. The zero-order valence-electron chi connectivity index (χ0n) is 20.9. The molecule has 3 aliphatic rings. The second-order valence-corrected chi connectivity index (χ2v) is 10.6. The molecule has 4 atom stereocenters. The summed E-state index contributed by atoms with van der Waals surface area (Å²) in [4.78, 5) is 24.3. The zero-order chi connectivity index (χ0) is 25.5. The lowest BCUT2D eigenvalue weighted by molar-refractivity contribution is -0.137. The van der Waals surface area contributed by atoms with Crippen molar-refractivity contribution in [1.82, 2.24) is 5.32 Å². The van der Waals surface area contributed by atoms with Crippen molar-refractivity contribution in [3.05, 3.63) is 65.2 Å². The fourth-order valence-corrected chi connectivity index (χ4v) is 6.39. The molecule has 7 nitrogen and oxygen atoms in total. The summed E-state index contributed by atoms with van der Waals surface area (Å²) in [6, 6.07) is 15.8. The lowest BCUT2D eigenvalue weighted by atomic mass is 9.85. The van der Waals surface area contributed by atoms with Crippen LogP contribution in [0.1, 0.15) is 54.7 Å². The van der Waals surface area contributed by atoms with Crippen LogP contribution in [0.4, 0.5) is 0 Å². The van der Waals surface area contributed by atoms with Gasteiger partial charge in [0.25, 0.3) is 5.91 Å². The van der Waals surface area contributed by atoms with Gasteiger partial charge in [-0.25, -0.2) is 0 Å². The number of aryl methyl sites for hydroxylation is 1. The molecule has 1 heterocycles. The van der Waals surface area contributed by atoms with Gasteiger partial charge in [0.05, 0.1) is 6.42 Å². The highest BCUT2D eigenvalue weighted by Crippen LogP contribution is 2.44. The molecule has 1 aliphatic heterocycles. The first-order valence-electron chi connectivity index (χ1n) is 13.0. The van der Waals surface area contributed by atoms with Crippen LogP contribution in [0.5, 0.6) is 17.2 Å². The lowest BCUT2D eigenvalue weighted by Crippen LogP contribution is -2.40. The number of hydrogen-bond donors (Lipinski definition) is 2. The van der Waals surface area contributed by atoms with Crippen LogP contribution in [0.2, 0.25) is 0 Å². The van der Waals surface area contributed by atoms with E-state index in [9.17, 15) is 14.7 Å². The molecule has 2 N–H and O–H groups in total. The Morgan fingerprint density at radius 3 is 2.59 bits per heavy atom. The largest absolute Gasteiger partial charge is 0.484 e. The van der Waals surface area contributed by atoms with Gasteiger partial charge in [0.2, 0.25) is 6.79 Å². The number of carbonyl (C=O) groups excluding carboxylic acids is 1. The number of aliphatic carboxylic acids is 1. The maximum Gasteiger partial charge on any atom is 0.304 e. The molecule has 1 unspecified atom stereocenters. The summed E-state index contributed by atoms with van der Waals surface area (Å²) in [5.41, 5.74) is 2.74. The Morgan fingerprint density at radius 1 is 1.03 bits per heavy atom. The van der Waals surface area contributed by atoms with Crippen LogP contribution in [0.25, 0.3) is 10.8 Å². The predicted octanol–water partition coefficient (Wildman–Crippen LogP) is 5.17. The number of carbonyl (C=O) groups is 2. The quantitative estimate of drug-likeness (QED) is 0.443. The summed E-state index contributed by atoms with van der Waals surface area (Å²) in [6.07, 6.45) is 4.81. The number of fused-ring (bicyclic) bond motifs is 4. The molecule has 1 amide bonds. The van der Waals surface area contributed by atoms with E-state index in [4.69, 9.17) is 14.2 Å². The summed E-state index contributed by atoms with van der Waals surface area (Å²) in [5.74, 6) is 2.02. The molecular weight excluding hydrogens is 470 g/mol. The Kier molecular flexibility index (Phi) is 6.14. The van der Waals surface area contributed by atoms with E-state index < -0.39 is 5.97 Å². The van der Waals surface area contributed by atoms with Crippen LogP contribution >= 0.6 is 0 Å². The van der Waals surface area contributed by atoms with Gasteiger partial charge in [0, 0.05) is 12.0 Å². The maximum absolute atomic E-state index is 12.5. The van der Waals surface area contributed by atoms with Crippen molar-refractivity contribution in [2.75, 3.05) is 13.4 Å². The first-order valence-corrected chi connectivity index (χ1v) is 13.0. The molecule has 37 heavy (non-hydrogen) atoms. The Bertz CT molecular complexity index is 1370. The summed E-state index contributed by atoms with van der Waals surface area (Å²) in [5, 5.41) is 14.8. The number of benzene rings is 3. The van der Waals surface area contributed by atoms with Crippen LogP contribution in [-0.2, 0) is 9.59 Å². The standard InChI is InChI=1S/C30H31NO6/c1-17-8-27-28(37-16-36-27)13-24(17)25(14-30(33)34)20-5-4-19-6-7-23(12-22(19)11-20)35-15-29(32)31-26-10-18-2-3-21(26)9-18/h4-8,11-13,18,21,25-26H,2-3,9-10,14-16H2,1H3,(H,31,32)(H,33,34)/t18-,21+,25?,26+/m1/s1. The zero-order valence-corrected chi connectivity index (χ0v) is 20.9. The van der Waals surface area contributed by atoms with Gasteiger partial charge < -0.3 is 24.6 Å². The van der Waals surface area contributed by atoms with Crippen LogP contribution in [0.3, 0.4) is 0 Å². The van der Waals surface area contributed by atoms with Gasteiger partial charge in [-0.3, -0.25) is 9.59 Å². The van der Waals surface area contributed by atoms with Gasteiger partial charge >= 0.3 is 5.97 Å². The second kappa shape index (κ2) is 9.61. The van der Waals surface area contributed by atoms with E-state index in [-0.39, 0.29) is 31.6 Å². The number of carboxylic acids is 1. The van der Waals surface area contributed by atoms with Crippen molar-refractivity contribution in [2.24, 2.45) is 11.8 Å². The lowest BCUT2D eigenvalue weighted by Gasteiger charge is -2.22. The third kappa shape index (κ3) is 4.82. The van der Waals surface area contributed by atoms with Gasteiger partial charge in [-0.05, 0) is 89.8 Å². The number of hydrogen-bond acceptors (Lipinski definition) is 5. The molecular formula is C30H31NO6. The highest BCUT2D eigenvalue weighted by molar-refractivity contribution is 5.85. The molecule has 0 aromatic heterocycles. The number of amides is 1. The molecule has 3 aromatic rings. The van der Waals surface area contributed by atoms with Crippen LogP contribution in [-0.4, -0.2) is 36.4 Å². The Hall–Kier alpha value is -3.74. The Morgan fingerprint density at radius 2 is 1.84 bits per heavy atom. The van der Waals surface area contributed by atoms with Gasteiger partial charge in [-0.2, -0.15) is 0 Å². The molecule has 0 saturated heterocycles. The molecule has 3 aromatic carbocycles. The number of rotatable bonds is 8. The van der Waals surface area contributed by atoms with E-state index in [0.717, 1.165) is 39.8 Å². The third-order valence-corrected chi connectivity index (χ3v) is 8.21. The van der Waals surface area contributed by atoms with Crippen LogP contribution in [0, 0.1) is 18.8 Å². The SMILES string of the molecule is Cc1cc2c(cc1C(CC(=O)O)c1ccc3ccc(OCC(=O)N[C@H]4C[C@@H]5CC[C@H]4C5)cc3c1)OCO2. The first-order chi connectivity index (χ1) is 17.9. The van der Waals surface area contributed by atoms with Crippen LogP contribution < -0.4 is 19.5 Å². The minimum atomic E-state index is -0.874. The molecule has 0 spiro atoms. The second-order valence-electron chi connectivity index (χ2n) is 10.6. The average Bonchev–Trinajstić information content (AvgIpc) is 3.62. The van der Waals surface area contributed by atoms with E-state index in [2.05, 4.69) is 5.32 Å². The topological polar surface area (TPSA) is 94.1 Å². The Labute approximate surface area is 215 Å². The minimum absolute atomic E-state index is 0.0168. The van der Waals surface area contributed by atoms with E-state index in [0.29, 0.717) is 29.2 Å². The van der Waals surface area contributed by atoms with Gasteiger partial charge in [-0.1, -0.05) is 30.7 Å². The Balaban J connectivity index is 1.21. The normalized spacial score (nSPS) is 22.2. The highest BCUT2D eigenvalue weighted by atomic mass is 16.7. The van der Waals surface area contributed by atoms with Crippen molar-refractivity contribution in [2.45, 2.75) is 51.0 Å². The molecule has 192 valence electrons. The van der Waals surface area contributed by atoms with Gasteiger partial charge in [0.15, 0.2) is 18.1 Å². The molecule has 6 rings (SSSR count). The van der Waals surface area contributed by atoms with Crippen molar-refractivity contribution in [1.29, 1.82) is 0 Å². The van der Waals surface area contributed by atoms with Gasteiger partial charge in [-0.15, -0.1) is 0 Å². The molecule has 2 aliphatic carbocycles. The molecule has 2 bridgehead atoms. The van der Waals surface area contributed by atoms with Crippen molar-refractivity contribution < 1.29 is 28.9 Å². The number of nitrogens with one attached hydrogen (secondary N) is 1. The minimum Gasteiger partial charge on any atom is -0.484 e. The molecule has 0 radical (unpaired) electrons. The van der Waals surface area contributed by atoms with E-state index in [1.807, 2.05) is 55.5 Å². The van der Waals surface area contributed by atoms with E-state index in [1.165, 1.54) is 19.3 Å². The summed E-state index contributed by atoms with van der Waals surface area (Å²) >= 11 is 0. The van der Waals surface area contributed by atoms with Crippen LogP contribution in [0.15, 0.2) is 48.5 Å². The summed E-state index contributed by atoms with van der Waals surface area (Å²) < 4.78 is 16.9. The fraction of sp³-hybridized carbons (Fsp3) is 0.400. The predicted molar refractivity (Wildman–Crippen MR) is 138 cm³/mol. The maximum atomic E-state index is 12.5. The number of ether oxygens (including phenoxy) is 3. The summed E-state index contributed by atoms with van der Waals surface area (Å²) in [7, 11) is 0. The smallest absolute Gasteiger partial charge is 0.304 e. The van der Waals surface area contributed by atoms with Crippen molar-refractivity contribution >= 4 is 22.6 Å². The number of carboxylic acid groups (broad SMARTS) is 1. The monoisotopic (exact) mass is 501 g/mol. The molecule has 2 saturated carbocycles. The van der Waals surface area contributed by atoms with Crippen molar-refractivity contribution in [3.8, 4) is 17.2 Å². The van der Waals surface area contributed by atoms with E-state index >= 15 is 0 Å². The first kappa shape index (κ1) is 23.6. The third-order valence-electron chi connectivity index (χ3n) is 8.21.